The molecular formula is C14H14Cl2N4O. The van der Waals surface area contributed by atoms with Gasteiger partial charge in [0.2, 0.25) is 5.82 Å². The lowest BCUT2D eigenvalue weighted by Crippen LogP contribution is -1.99. The molecule has 0 bridgehead atoms. The molecule has 0 atom stereocenters. The van der Waals surface area contributed by atoms with Gasteiger partial charge in [-0.15, -0.1) is 24.8 Å². The lowest BCUT2D eigenvalue weighted by atomic mass is 10.2. The van der Waals surface area contributed by atoms with E-state index in [0.29, 0.717) is 18.4 Å². The number of hydrogen-bond donors (Lipinski definition) is 1. The molecule has 110 valence electrons. The Hall–Kier alpha value is -2.11. The predicted octanol–water partition coefficient (Wildman–Crippen LogP) is 3.59. The van der Waals surface area contributed by atoms with E-state index in [2.05, 4.69) is 20.4 Å². The van der Waals surface area contributed by atoms with Gasteiger partial charge < -0.3 is 9.84 Å². The van der Waals surface area contributed by atoms with Crippen LogP contribution in [0, 0.1) is 0 Å². The summed E-state index contributed by atoms with van der Waals surface area (Å²) in [5, 5.41) is 7.02. The van der Waals surface area contributed by atoms with Crippen LogP contribution in [0.1, 0.15) is 5.56 Å². The standard InChI is InChI=1S/C14H12N4O.2ClH/c1-2-4-11(5-3-1)10-16-14-17-13(18-19-14)12-6-8-15-9-7-12;;/h1-9H,10H2,(H,16,17,18);2*1H. The SMILES string of the molecule is Cl.Cl.c1ccc(CNc2nc(-c3ccncc3)no2)cc1. The third-order valence-electron chi connectivity index (χ3n) is 2.65. The fraction of sp³-hybridized carbons (Fsp3) is 0.0714. The molecule has 0 aliphatic heterocycles. The van der Waals surface area contributed by atoms with Gasteiger partial charge in [-0.3, -0.25) is 4.98 Å². The number of benzene rings is 1. The van der Waals surface area contributed by atoms with E-state index >= 15 is 0 Å². The molecular weight excluding hydrogens is 311 g/mol. The summed E-state index contributed by atoms with van der Waals surface area (Å²) < 4.78 is 5.15. The highest BCUT2D eigenvalue weighted by molar-refractivity contribution is 5.85. The second kappa shape index (κ2) is 8.24. The van der Waals surface area contributed by atoms with Crippen molar-refractivity contribution in [3.05, 3.63) is 60.4 Å². The molecule has 2 heterocycles. The smallest absolute Gasteiger partial charge is 0.322 e. The monoisotopic (exact) mass is 324 g/mol. The van der Waals surface area contributed by atoms with Crippen LogP contribution in [0.4, 0.5) is 6.01 Å². The molecule has 0 aliphatic carbocycles. The number of pyridine rings is 1. The Morgan fingerprint density at radius 3 is 2.38 bits per heavy atom. The van der Waals surface area contributed by atoms with Gasteiger partial charge in [0.1, 0.15) is 0 Å². The summed E-state index contributed by atoms with van der Waals surface area (Å²) in [4.78, 5) is 8.23. The van der Waals surface area contributed by atoms with Crippen LogP contribution >= 0.6 is 24.8 Å². The van der Waals surface area contributed by atoms with Gasteiger partial charge in [0.25, 0.3) is 0 Å². The molecule has 0 spiro atoms. The van der Waals surface area contributed by atoms with Gasteiger partial charge in [0, 0.05) is 24.5 Å². The molecule has 0 saturated carbocycles. The third kappa shape index (κ3) is 4.44. The molecule has 1 N–H and O–H groups in total. The fourth-order valence-corrected chi connectivity index (χ4v) is 1.69. The van der Waals surface area contributed by atoms with Crippen LogP contribution < -0.4 is 5.32 Å². The van der Waals surface area contributed by atoms with Crippen LogP contribution in [0.15, 0.2) is 59.4 Å². The first-order chi connectivity index (χ1) is 9.42. The predicted molar refractivity (Wildman–Crippen MR) is 85.8 cm³/mol. The number of nitrogens with zero attached hydrogens (tertiary/aromatic N) is 3. The first-order valence-corrected chi connectivity index (χ1v) is 5.94. The molecule has 0 fully saturated rings. The van der Waals surface area contributed by atoms with Gasteiger partial charge in [-0.25, -0.2) is 0 Å². The van der Waals surface area contributed by atoms with Crippen LogP contribution in [-0.4, -0.2) is 15.1 Å². The van der Waals surface area contributed by atoms with E-state index in [1.165, 1.54) is 0 Å². The molecule has 2 aromatic heterocycles. The van der Waals surface area contributed by atoms with E-state index in [-0.39, 0.29) is 24.8 Å². The lowest BCUT2D eigenvalue weighted by Gasteiger charge is -1.99. The van der Waals surface area contributed by atoms with Gasteiger partial charge in [0.15, 0.2) is 0 Å². The minimum Gasteiger partial charge on any atom is -0.334 e. The molecule has 3 rings (SSSR count). The highest BCUT2D eigenvalue weighted by atomic mass is 35.5. The second-order valence-corrected chi connectivity index (χ2v) is 4.00. The normalized spacial score (nSPS) is 9.33. The number of aromatic nitrogens is 3. The molecule has 0 saturated heterocycles. The van der Waals surface area contributed by atoms with E-state index in [1.807, 2.05) is 42.5 Å². The molecule has 0 amide bonds. The highest BCUT2D eigenvalue weighted by Crippen LogP contribution is 2.16. The number of rotatable bonds is 4. The Kier molecular flexibility index (Phi) is 6.65. The van der Waals surface area contributed by atoms with Crippen molar-refractivity contribution in [3.63, 3.8) is 0 Å². The summed E-state index contributed by atoms with van der Waals surface area (Å²) in [6, 6.07) is 14.1. The Labute approximate surface area is 134 Å². The van der Waals surface area contributed by atoms with Gasteiger partial charge in [-0.1, -0.05) is 35.5 Å². The summed E-state index contributed by atoms with van der Waals surface area (Å²) in [6.07, 6.45) is 3.39. The quantitative estimate of drug-likeness (QED) is 0.794. The summed E-state index contributed by atoms with van der Waals surface area (Å²) in [5.41, 5.74) is 2.04. The molecule has 0 unspecified atom stereocenters. The zero-order chi connectivity index (χ0) is 12.9. The first-order valence-electron chi connectivity index (χ1n) is 5.94. The maximum atomic E-state index is 5.15. The van der Waals surface area contributed by atoms with Crippen molar-refractivity contribution < 1.29 is 4.52 Å². The molecule has 0 aliphatic rings. The van der Waals surface area contributed by atoms with Gasteiger partial charge in [0.05, 0.1) is 0 Å². The van der Waals surface area contributed by atoms with Crippen molar-refractivity contribution in [3.8, 4) is 11.4 Å². The van der Waals surface area contributed by atoms with Crippen molar-refractivity contribution >= 4 is 30.8 Å². The van der Waals surface area contributed by atoms with Crippen molar-refractivity contribution in [1.29, 1.82) is 0 Å². The van der Waals surface area contributed by atoms with Crippen LogP contribution in [0.5, 0.6) is 0 Å². The largest absolute Gasteiger partial charge is 0.334 e. The van der Waals surface area contributed by atoms with Crippen molar-refractivity contribution in [1.82, 2.24) is 15.1 Å². The van der Waals surface area contributed by atoms with E-state index in [1.54, 1.807) is 12.4 Å². The number of hydrogen-bond acceptors (Lipinski definition) is 5. The van der Waals surface area contributed by atoms with E-state index in [4.69, 9.17) is 4.52 Å². The van der Waals surface area contributed by atoms with Crippen LogP contribution in [0.2, 0.25) is 0 Å². The van der Waals surface area contributed by atoms with Crippen molar-refractivity contribution in [2.75, 3.05) is 5.32 Å². The van der Waals surface area contributed by atoms with E-state index in [9.17, 15) is 0 Å². The molecule has 5 nitrogen and oxygen atoms in total. The van der Waals surface area contributed by atoms with Gasteiger partial charge in [-0.05, 0) is 17.7 Å². The topological polar surface area (TPSA) is 63.8 Å². The van der Waals surface area contributed by atoms with E-state index in [0.717, 1.165) is 11.1 Å². The summed E-state index contributed by atoms with van der Waals surface area (Å²) in [7, 11) is 0. The van der Waals surface area contributed by atoms with E-state index < -0.39 is 0 Å². The highest BCUT2D eigenvalue weighted by Gasteiger charge is 2.07. The molecule has 0 radical (unpaired) electrons. The summed E-state index contributed by atoms with van der Waals surface area (Å²) >= 11 is 0. The maximum absolute atomic E-state index is 5.15. The van der Waals surface area contributed by atoms with Gasteiger partial charge >= 0.3 is 6.01 Å². The Balaban J connectivity index is 0.00000110. The average Bonchev–Trinajstić information content (AvgIpc) is 2.96. The van der Waals surface area contributed by atoms with Crippen LogP contribution in [0.25, 0.3) is 11.4 Å². The number of halogens is 2. The molecule has 1 aromatic carbocycles. The summed E-state index contributed by atoms with van der Waals surface area (Å²) in [5.74, 6) is 0.554. The first kappa shape index (κ1) is 16.9. The Morgan fingerprint density at radius 2 is 1.67 bits per heavy atom. The minimum absolute atomic E-state index is 0. The Bertz CT molecular complexity index is 646. The minimum atomic E-state index is 0. The number of anilines is 1. The van der Waals surface area contributed by atoms with Crippen molar-refractivity contribution in [2.24, 2.45) is 0 Å². The molecule has 21 heavy (non-hydrogen) atoms. The van der Waals surface area contributed by atoms with Gasteiger partial charge in [-0.2, -0.15) is 4.98 Å². The zero-order valence-corrected chi connectivity index (χ0v) is 12.6. The maximum Gasteiger partial charge on any atom is 0.322 e. The molecule has 7 heteroatoms. The van der Waals surface area contributed by atoms with Crippen LogP contribution in [0.3, 0.4) is 0 Å². The second-order valence-electron chi connectivity index (χ2n) is 4.00. The third-order valence-corrected chi connectivity index (χ3v) is 2.65. The van der Waals surface area contributed by atoms with Crippen LogP contribution in [-0.2, 0) is 6.54 Å². The summed E-state index contributed by atoms with van der Waals surface area (Å²) in [6.45, 7) is 0.652. The van der Waals surface area contributed by atoms with Crippen molar-refractivity contribution in [2.45, 2.75) is 6.54 Å². The zero-order valence-electron chi connectivity index (χ0n) is 11.0. The number of nitrogens with one attached hydrogen (secondary N) is 1. The fourth-order valence-electron chi connectivity index (χ4n) is 1.69. The lowest BCUT2D eigenvalue weighted by molar-refractivity contribution is 0.432. The average molecular weight is 325 g/mol. The molecule has 3 aromatic rings. The Morgan fingerprint density at radius 1 is 0.952 bits per heavy atom.